The van der Waals surface area contributed by atoms with Crippen molar-refractivity contribution in [3.63, 3.8) is 0 Å². The number of carboxylic acids is 1. The number of halogens is 4. The molecule has 0 aliphatic carbocycles. The van der Waals surface area contributed by atoms with Gasteiger partial charge in [-0.05, 0) is 42.0 Å². The summed E-state index contributed by atoms with van der Waals surface area (Å²) in [6.45, 7) is 0. The summed E-state index contributed by atoms with van der Waals surface area (Å²) in [5.74, 6) is -1.78. The zero-order chi connectivity index (χ0) is 20.5. The molecule has 0 saturated heterocycles. The minimum atomic E-state index is -4.48. The molecule has 1 amide bonds. The van der Waals surface area contributed by atoms with E-state index in [-0.39, 0.29) is 16.1 Å². The third kappa shape index (κ3) is 4.26. The molecule has 0 unspecified atom stereocenters. The number of aromatic carboxylic acids is 1. The van der Waals surface area contributed by atoms with E-state index >= 15 is 0 Å². The van der Waals surface area contributed by atoms with Gasteiger partial charge in [0, 0.05) is 21.0 Å². The van der Waals surface area contributed by atoms with Gasteiger partial charge in [0.2, 0.25) is 0 Å². The van der Waals surface area contributed by atoms with E-state index in [2.05, 4.69) is 21.2 Å². The molecule has 28 heavy (non-hydrogen) atoms. The standard InChI is InChI=1S/C19H11BrF3NO3S/c20-13-7-3-11(4-8-13)16(25)24-17-15(18(26)27)14(9-28-17)10-1-5-12(6-2-10)19(21,22)23/h1-9H,(H,24,25)(H,26,27). The van der Waals surface area contributed by atoms with Crippen molar-refractivity contribution < 1.29 is 27.9 Å². The largest absolute Gasteiger partial charge is 0.478 e. The predicted octanol–water partition coefficient (Wildman–Crippen LogP) is 6.15. The van der Waals surface area contributed by atoms with Crippen molar-refractivity contribution in [2.75, 3.05) is 5.32 Å². The van der Waals surface area contributed by atoms with Crippen molar-refractivity contribution in [3.05, 3.63) is 75.1 Å². The molecule has 1 aromatic heterocycles. The van der Waals surface area contributed by atoms with Gasteiger partial charge < -0.3 is 10.4 Å². The third-order valence-electron chi connectivity index (χ3n) is 3.86. The van der Waals surface area contributed by atoms with Crippen LogP contribution in [0.5, 0.6) is 0 Å². The maximum Gasteiger partial charge on any atom is 0.416 e. The second kappa shape index (κ2) is 7.76. The molecule has 1 heterocycles. The Labute approximate surface area is 169 Å². The quantitative estimate of drug-likeness (QED) is 0.481. The zero-order valence-electron chi connectivity index (χ0n) is 13.9. The summed E-state index contributed by atoms with van der Waals surface area (Å²) in [6, 6.07) is 10.7. The smallest absolute Gasteiger partial charge is 0.416 e. The molecule has 0 spiro atoms. The number of rotatable bonds is 4. The number of benzene rings is 2. The van der Waals surface area contributed by atoms with E-state index in [0.717, 1.165) is 27.9 Å². The summed E-state index contributed by atoms with van der Waals surface area (Å²) >= 11 is 4.25. The number of hydrogen-bond donors (Lipinski definition) is 2. The van der Waals surface area contributed by atoms with E-state index in [1.807, 2.05) is 0 Å². The molecular formula is C19H11BrF3NO3S. The molecular weight excluding hydrogens is 459 g/mol. The second-order valence-corrected chi connectivity index (χ2v) is 7.49. The molecule has 0 fully saturated rings. The molecule has 0 bridgehead atoms. The lowest BCUT2D eigenvalue weighted by Gasteiger charge is -2.08. The average molecular weight is 470 g/mol. The van der Waals surface area contributed by atoms with Crippen molar-refractivity contribution in [2.45, 2.75) is 6.18 Å². The van der Waals surface area contributed by atoms with Crippen LogP contribution in [-0.2, 0) is 6.18 Å². The van der Waals surface area contributed by atoms with Crippen molar-refractivity contribution >= 4 is 44.1 Å². The van der Waals surface area contributed by atoms with E-state index in [4.69, 9.17) is 0 Å². The minimum absolute atomic E-state index is 0.107. The number of thiophene rings is 1. The highest BCUT2D eigenvalue weighted by molar-refractivity contribution is 9.10. The van der Waals surface area contributed by atoms with Crippen molar-refractivity contribution in [3.8, 4) is 11.1 Å². The number of carbonyl (C=O) groups excluding carboxylic acids is 1. The molecule has 0 aliphatic heterocycles. The lowest BCUT2D eigenvalue weighted by atomic mass is 10.0. The van der Waals surface area contributed by atoms with E-state index in [1.54, 1.807) is 24.3 Å². The van der Waals surface area contributed by atoms with Gasteiger partial charge in [-0.2, -0.15) is 13.2 Å². The van der Waals surface area contributed by atoms with Crippen LogP contribution in [0.4, 0.5) is 18.2 Å². The van der Waals surface area contributed by atoms with Gasteiger partial charge in [-0.15, -0.1) is 11.3 Å². The van der Waals surface area contributed by atoms with Crippen LogP contribution < -0.4 is 5.32 Å². The summed E-state index contributed by atoms with van der Waals surface area (Å²) in [6.07, 6.45) is -4.48. The topological polar surface area (TPSA) is 66.4 Å². The number of carboxylic acid groups (broad SMARTS) is 1. The Morgan fingerprint density at radius 2 is 1.61 bits per heavy atom. The van der Waals surface area contributed by atoms with Gasteiger partial charge in [-0.3, -0.25) is 4.79 Å². The first-order valence-electron chi connectivity index (χ1n) is 7.76. The van der Waals surface area contributed by atoms with Gasteiger partial charge in [0.05, 0.1) is 5.56 Å². The van der Waals surface area contributed by atoms with Crippen LogP contribution in [0.25, 0.3) is 11.1 Å². The first-order valence-corrected chi connectivity index (χ1v) is 9.43. The fraction of sp³-hybridized carbons (Fsp3) is 0.0526. The molecule has 2 aromatic carbocycles. The van der Waals surface area contributed by atoms with Crippen molar-refractivity contribution in [1.29, 1.82) is 0 Å². The maximum atomic E-state index is 12.7. The molecule has 0 radical (unpaired) electrons. The van der Waals surface area contributed by atoms with Crippen LogP contribution in [0, 0.1) is 0 Å². The summed E-state index contributed by atoms with van der Waals surface area (Å²) in [7, 11) is 0. The van der Waals surface area contributed by atoms with E-state index < -0.39 is 23.6 Å². The Bertz CT molecular complexity index is 1030. The van der Waals surface area contributed by atoms with Gasteiger partial charge in [0.1, 0.15) is 10.6 Å². The lowest BCUT2D eigenvalue weighted by Crippen LogP contribution is -2.13. The summed E-state index contributed by atoms with van der Waals surface area (Å²) in [5, 5.41) is 13.7. The first-order chi connectivity index (χ1) is 13.2. The number of amides is 1. The fourth-order valence-corrected chi connectivity index (χ4v) is 3.71. The number of nitrogens with one attached hydrogen (secondary N) is 1. The average Bonchev–Trinajstić information content (AvgIpc) is 3.05. The summed E-state index contributed by atoms with van der Waals surface area (Å²) < 4.78 is 39.0. The molecule has 3 rings (SSSR count). The third-order valence-corrected chi connectivity index (χ3v) is 5.29. The van der Waals surface area contributed by atoms with Gasteiger partial charge in [-0.1, -0.05) is 28.1 Å². The maximum absolute atomic E-state index is 12.7. The monoisotopic (exact) mass is 469 g/mol. The van der Waals surface area contributed by atoms with E-state index in [9.17, 15) is 27.9 Å². The normalized spacial score (nSPS) is 11.3. The SMILES string of the molecule is O=C(Nc1scc(-c2ccc(C(F)(F)F)cc2)c1C(=O)O)c1ccc(Br)cc1. The molecule has 0 aliphatic rings. The molecule has 9 heteroatoms. The van der Waals surface area contributed by atoms with Crippen LogP contribution in [0.2, 0.25) is 0 Å². The van der Waals surface area contributed by atoms with Crippen LogP contribution >= 0.6 is 27.3 Å². The Morgan fingerprint density at radius 3 is 2.14 bits per heavy atom. The van der Waals surface area contributed by atoms with Crippen LogP contribution in [-0.4, -0.2) is 17.0 Å². The Morgan fingerprint density at radius 1 is 1.00 bits per heavy atom. The molecule has 0 atom stereocenters. The van der Waals surface area contributed by atoms with Gasteiger partial charge in [0.15, 0.2) is 0 Å². The fourth-order valence-electron chi connectivity index (χ4n) is 2.49. The molecule has 144 valence electrons. The highest BCUT2D eigenvalue weighted by Gasteiger charge is 2.30. The minimum Gasteiger partial charge on any atom is -0.478 e. The van der Waals surface area contributed by atoms with Crippen LogP contribution in [0.15, 0.2) is 58.4 Å². The zero-order valence-corrected chi connectivity index (χ0v) is 16.3. The molecule has 2 N–H and O–H groups in total. The van der Waals surface area contributed by atoms with Crippen molar-refractivity contribution in [2.24, 2.45) is 0 Å². The second-order valence-electron chi connectivity index (χ2n) is 5.69. The van der Waals surface area contributed by atoms with Gasteiger partial charge in [-0.25, -0.2) is 4.79 Å². The highest BCUT2D eigenvalue weighted by Crippen LogP contribution is 2.37. The van der Waals surface area contributed by atoms with Crippen LogP contribution in [0.1, 0.15) is 26.3 Å². The summed E-state index contributed by atoms with van der Waals surface area (Å²) in [4.78, 5) is 24.1. The highest BCUT2D eigenvalue weighted by atomic mass is 79.9. The molecule has 3 aromatic rings. The van der Waals surface area contributed by atoms with E-state index in [1.165, 1.54) is 17.5 Å². The van der Waals surface area contributed by atoms with Gasteiger partial charge >= 0.3 is 12.1 Å². The number of hydrogen-bond acceptors (Lipinski definition) is 3. The Balaban J connectivity index is 1.93. The Hall–Kier alpha value is -2.65. The number of alkyl halides is 3. The lowest BCUT2D eigenvalue weighted by molar-refractivity contribution is -0.137. The van der Waals surface area contributed by atoms with E-state index in [0.29, 0.717) is 11.1 Å². The number of carbonyl (C=O) groups is 2. The first kappa shape index (κ1) is 20.1. The Kier molecular flexibility index (Phi) is 5.57. The van der Waals surface area contributed by atoms with Crippen LogP contribution in [0.3, 0.4) is 0 Å². The van der Waals surface area contributed by atoms with Crippen molar-refractivity contribution in [1.82, 2.24) is 0 Å². The molecule has 4 nitrogen and oxygen atoms in total. The molecule has 0 saturated carbocycles. The van der Waals surface area contributed by atoms with Gasteiger partial charge in [0.25, 0.3) is 5.91 Å². The predicted molar refractivity (Wildman–Crippen MR) is 104 cm³/mol. The number of anilines is 1. The summed E-state index contributed by atoms with van der Waals surface area (Å²) in [5.41, 5.74) is -0.116.